The van der Waals surface area contributed by atoms with Gasteiger partial charge in [-0.15, -0.1) is 10.2 Å². The maximum absolute atomic E-state index is 12.8. The van der Waals surface area contributed by atoms with Gasteiger partial charge in [-0.3, -0.25) is 9.59 Å². The molecule has 3 aromatic rings. The number of aromatic nitrogens is 3. The molecule has 0 aliphatic heterocycles. The molecule has 1 aromatic heterocycles. The molecule has 0 saturated heterocycles. The van der Waals surface area contributed by atoms with Gasteiger partial charge in [0.25, 0.3) is 5.91 Å². The van der Waals surface area contributed by atoms with Crippen molar-refractivity contribution in [1.82, 2.24) is 20.1 Å². The van der Waals surface area contributed by atoms with E-state index in [2.05, 4.69) is 20.8 Å². The van der Waals surface area contributed by atoms with Gasteiger partial charge in [-0.2, -0.15) is 0 Å². The van der Waals surface area contributed by atoms with Crippen LogP contribution in [-0.2, 0) is 16.6 Å². The SMILES string of the molecule is CC(C)OC(=O)c1cccc(NC(=O)CSc2nnc([C@H](NC(=O)c3ccccc3Cl)C(C)C)n2C)c1. The minimum atomic E-state index is -0.451. The van der Waals surface area contributed by atoms with Gasteiger partial charge in [0.05, 0.1) is 34.0 Å². The molecular weight excluding hydrogens is 514 g/mol. The van der Waals surface area contributed by atoms with Crippen molar-refractivity contribution in [2.24, 2.45) is 13.0 Å². The molecule has 0 bridgehead atoms. The summed E-state index contributed by atoms with van der Waals surface area (Å²) in [7, 11) is 1.79. The molecule has 0 fully saturated rings. The van der Waals surface area contributed by atoms with Gasteiger partial charge in [-0.25, -0.2) is 4.79 Å². The summed E-state index contributed by atoms with van der Waals surface area (Å²) in [5, 5.41) is 15.2. The quantitative estimate of drug-likeness (QED) is 0.276. The van der Waals surface area contributed by atoms with E-state index in [1.54, 1.807) is 74.0 Å². The highest BCUT2D eigenvalue weighted by Gasteiger charge is 2.26. The molecule has 11 heteroatoms. The predicted octanol–water partition coefficient (Wildman–Crippen LogP) is 4.89. The third-order valence-electron chi connectivity index (χ3n) is 5.28. The van der Waals surface area contributed by atoms with E-state index in [9.17, 15) is 14.4 Å². The number of rotatable bonds is 10. The Morgan fingerprint density at radius 2 is 1.78 bits per heavy atom. The van der Waals surface area contributed by atoms with Crippen molar-refractivity contribution in [3.63, 3.8) is 0 Å². The second kappa shape index (κ2) is 12.7. The zero-order chi connectivity index (χ0) is 27.1. The summed E-state index contributed by atoms with van der Waals surface area (Å²) >= 11 is 7.39. The van der Waals surface area contributed by atoms with Crippen LogP contribution in [-0.4, -0.2) is 44.4 Å². The molecule has 0 aliphatic carbocycles. The van der Waals surface area contributed by atoms with Crippen molar-refractivity contribution in [3.05, 3.63) is 70.5 Å². The molecule has 37 heavy (non-hydrogen) atoms. The predicted molar refractivity (Wildman–Crippen MR) is 144 cm³/mol. The minimum Gasteiger partial charge on any atom is -0.459 e. The van der Waals surface area contributed by atoms with E-state index in [-0.39, 0.29) is 29.6 Å². The van der Waals surface area contributed by atoms with Gasteiger partial charge in [0.15, 0.2) is 11.0 Å². The number of benzene rings is 2. The molecule has 0 unspecified atom stereocenters. The lowest BCUT2D eigenvalue weighted by molar-refractivity contribution is -0.113. The Balaban J connectivity index is 1.64. The lowest BCUT2D eigenvalue weighted by Crippen LogP contribution is -2.33. The van der Waals surface area contributed by atoms with E-state index in [1.165, 1.54) is 11.8 Å². The Kier molecular flexibility index (Phi) is 9.71. The first-order valence-electron chi connectivity index (χ1n) is 11.7. The topological polar surface area (TPSA) is 115 Å². The summed E-state index contributed by atoms with van der Waals surface area (Å²) in [6.45, 7) is 7.48. The number of anilines is 1. The number of nitrogens with zero attached hydrogens (tertiary/aromatic N) is 3. The van der Waals surface area contributed by atoms with Crippen LogP contribution in [0.2, 0.25) is 5.02 Å². The average Bonchev–Trinajstić information content (AvgIpc) is 3.20. The van der Waals surface area contributed by atoms with E-state index in [0.717, 1.165) is 0 Å². The summed E-state index contributed by atoms with van der Waals surface area (Å²) in [5.41, 5.74) is 1.23. The molecule has 0 spiro atoms. The number of hydrogen-bond donors (Lipinski definition) is 2. The zero-order valence-corrected chi connectivity index (χ0v) is 22.9. The van der Waals surface area contributed by atoms with Crippen LogP contribution in [0.3, 0.4) is 0 Å². The van der Waals surface area contributed by atoms with Gasteiger partial charge >= 0.3 is 5.97 Å². The van der Waals surface area contributed by atoms with Gasteiger partial charge in [0.1, 0.15) is 0 Å². The van der Waals surface area contributed by atoms with Crippen LogP contribution in [0.25, 0.3) is 0 Å². The van der Waals surface area contributed by atoms with Crippen molar-refractivity contribution in [3.8, 4) is 0 Å². The number of carbonyl (C=O) groups excluding carboxylic acids is 3. The van der Waals surface area contributed by atoms with Crippen molar-refractivity contribution in [2.45, 2.75) is 45.0 Å². The first-order chi connectivity index (χ1) is 17.6. The van der Waals surface area contributed by atoms with E-state index in [4.69, 9.17) is 16.3 Å². The molecule has 0 radical (unpaired) electrons. The van der Waals surface area contributed by atoms with Crippen LogP contribution in [0.4, 0.5) is 5.69 Å². The van der Waals surface area contributed by atoms with Crippen molar-refractivity contribution >= 4 is 46.8 Å². The Bertz CT molecular complexity index is 1280. The fraction of sp³-hybridized carbons (Fsp3) is 0.346. The number of ether oxygens (including phenoxy) is 1. The van der Waals surface area contributed by atoms with Crippen LogP contribution in [0.15, 0.2) is 53.7 Å². The van der Waals surface area contributed by atoms with Crippen molar-refractivity contribution < 1.29 is 19.1 Å². The standard InChI is InChI=1S/C26H30ClN5O4S/c1-15(2)22(29-24(34)19-11-6-7-12-20(19)27)23-30-31-26(32(23)5)37-14-21(33)28-18-10-8-9-17(13-18)25(35)36-16(3)4/h6-13,15-16,22H,14H2,1-5H3,(H,28,33)(H,29,34)/t22-/m1/s1. The zero-order valence-electron chi connectivity index (χ0n) is 21.3. The highest BCUT2D eigenvalue weighted by molar-refractivity contribution is 7.99. The van der Waals surface area contributed by atoms with E-state index in [1.807, 2.05) is 13.8 Å². The largest absolute Gasteiger partial charge is 0.459 e. The molecular formula is C26H30ClN5O4S. The minimum absolute atomic E-state index is 0.0187. The number of carbonyl (C=O) groups is 3. The number of esters is 1. The molecule has 9 nitrogen and oxygen atoms in total. The number of hydrogen-bond acceptors (Lipinski definition) is 7. The van der Waals surface area contributed by atoms with Crippen molar-refractivity contribution in [2.75, 3.05) is 11.1 Å². The number of thioether (sulfide) groups is 1. The van der Waals surface area contributed by atoms with Gasteiger partial charge < -0.3 is 19.9 Å². The van der Waals surface area contributed by atoms with Crippen LogP contribution in [0.5, 0.6) is 0 Å². The molecule has 3 rings (SSSR count). The average molecular weight is 544 g/mol. The van der Waals surface area contributed by atoms with Gasteiger partial charge in [-0.1, -0.05) is 55.4 Å². The van der Waals surface area contributed by atoms with E-state index in [0.29, 0.717) is 32.8 Å². The van der Waals surface area contributed by atoms with E-state index >= 15 is 0 Å². The smallest absolute Gasteiger partial charge is 0.338 e. The third kappa shape index (κ3) is 7.56. The lowest BCUT2D eigenvalue weighted by Gasteiger charge is -2.22. The molecule has 2 aromatic carbocycles. The number of nitrogens with one attached hydrogen (secondary N) is 2. The Hall–Kier alpha value is -3.37. The summed E-state index contributed by atoms with van der Waals surface area (Å²) < 4.78 is 6.96. The molecule has 0 aliphatic rings. The fourth-order valence-corrected chi connectivity index (χ4v) is 4.39. The van der Waals surface area contributed by atoms with Crippen LogP contribution < -0.4 is 10.6 Å². The highest BCUT2D eigenvalue weighted by atomic mass is 35.5. The molecule has 1 heterocycles. The van der Waals surface area contributed by atoms with Gasteiger partial charge in [0.2, 0.25) is 5.91 Å². The van der Waals surface area contributed by atoms with Gasteiger partial charge in [-0.05, 0) is 50.1 Å². The normalized spacial score (nSPS) is 11.9. The summed E-state index contributed by atoms with van der Waals surface area (Å²) in [4.78, 5) is 37.5. The molecule has 1 atom stereocenters. The number of amides is 2. The maximum Gasteiger partial charge on any atom is 0.338 e. The van der Waals surface area contributed by atoms with Crippen LogP contribution in [0.1, 0.15) is 60.3 Å². The molecule has 2 N–H and O–H groups in total. The Labute approximate surface area is 225 Å². The van der Waals surface area contributed by atoms with Crippen LogP contribution in [0, 0.1) is 5.92 Å². The Morgan fingerprint density at radius 3 is 2.46 bits per heavy atom. The first kappa shape index (κ1) is 28.2. The second-order valence-corrected chi connectivity index (χ2v) is 10.3. The number of halogens is 1. The van der Waals surface area contributed by atoms with Gasteiger partial charge in [0, 0.05) is 12.7 Å². The van der Waals surface area contributed by atoms with Crippen molar-refractivity contribution in [1.29, 1.82) is 0 Å². The molecule has 196 valence electrons. The fourth-order valence-electron chi connectivity index (χ4n) is 3.45. The lowest BCUT2D eigenvalue weighted by atomic mass is 10.0. The second-order valence-electron chi connectivity index (χ2n) is 8.95. The third-order valence-corrected chi connectivity index (χ3v) is 6.63. The van der Waals surface area contributed by atoms with Crippen LogP contribution >= 0.6 is 23.4 Å². The first-order valence-corrected chi connectivity index (χ1v) is 13.1. The Morgan fingerprint density at radius 1 is 1.05 bits per heavy atom. The summed E-state index contributed by atoms with van der Waals surface area (Å²) in [5.74, 6) is -0.365. The summed E-state index contributed by atoms with van der Waals surface area (Å²) in [6, 6.07) is 13.0. The highest BCUT2D eigenvalue weighted by Crippen LogP contribution is 2.25. The van der Waals surface area contributed by atoms with E-state index < -0.39 is 12.0 Å². The molecule has 0 saturated carbocycles. The maximum atomic E-state index is 12.8. The molecule has 2 amide bonds. The summed E-state index contributed by atoms with van der Waals surface area (Å²) in [6.07, 6.45) is -0.238. The monoisotopic (exact) mass is 543 g/mol.